The van der Waals surface area contributed by atoms with Gasteiger partial charge in [-0.15, -0.1) is 0 Å². The maximum atomic E-state index is 13.0. The summed E-state index contributed by atoms with van der Waals surface area (Å²) in [5.41, 5.74) is 1.61. The van der Waals surface area contributed by atoms with Gasteiger partial charge in [0.2, 0.25) is 0 Å². The maximum absolute atomic E-state index is 13.0. The standard InChI is InChI=1S/C17H27F3N2O/c1-5-13(16(23-4)17(18,19)20)9-14(12(2)3)10-22-15-7-6-8-21-11-15/h5,9,15-16,21-22H,2,6-8,10-11H2,1,3-4H3/b13-5-,14-9-. The zero-order chi connectivity index (χ0) is 17.5. The quantitative estimate of drug-likeness (QED) is 0.702. The van der Waals surface area contributed by atoms with Crippen LogP contribution < -0.4 is 10.6 Å². The van der Waals surface area contributed by atoms with E-state index < -0.39 is 12.3 Å². The van der Waals surface area contributed by atoms with Crippen molar-refractivity contribution in [2.24, 2.45) is 0 Å². The molecule has 0 bridgehead atoms. The van der Waals surface area contributed by atoms with Crippen LogP contribution in [0.25, 0.3) is 0 Å². The molecule has 0 aromatic carbocycles. The molecule has 1 aliphatic rings. The second kappa shape index (κ2) is 9.25. The van der Waals surface area contributed by atoms with Crippen LogP contribution in [0.5, 0.6) is 0 Å². The molecule has 23 heavy (non-hydrogen) atoms. The lowest BCUT2D eigenvalue weighted by molar-refractivity contribution is -0.198. The summed E-state index contributed by atoms with van der Waals surface area (Å²) in [6.45, 7) is 9.65. The van der Waals surface area contributed by atoms with Crippen molar-refractivity contribution in [3.8, 4) is 0 Å². The number of rotatable bonds is 7. The highest BCUT2D eigenvalue weighted by molar-refractivity contribution is 5.37. The van der Waals surface area contributed by atoms with E-state index in [4.69, 9.17) is 0 Å². The molecule has 3 nitrogen and oxygen atoms in total. The van der Waals surface area contributed by atoms with Crippen LogP contribution in [0.15, 0.2) is 35.5 Å². The predicted octanol–water partition coefficient (Wildman–Crippen LogP) is 3.35. The monoisotopic (exact) mass is 332 g/mol. The van der Waals surface area contributed by atoms with Crippen molar-refractivity contribution in [1.82, 2.24) is 10.6 Å². The second-order valence-corrected chi connectivity index (χ2v) is 5.82. The van der Waals surface area contributed by atoms with Crippen molar-refractivity contribution in [3.05, 3.63) is 35.5 Å². The molecule has 0 aromatic heterocycles. The minimum Gasteiger partial charge on any atom is -0.367 e. The van der Waals surface area contributed by atoms with E-state index in [1.165, 1.54) is 12.2 Å². The van der Waals surface area contributed by atoms with E-state index in [-0.39, 0.29) is 5.57 Å². The third kappa shape index (κ3) is 6.49. The second-order valence-electron chi connectivity index (χ2n) is 5.82. The molecule has 0 aliphatic carbocycles. The van der Waals surface area contributed by atoms with Gasteiger partial charge in [0.15, 0.2) is 6.10 Å². The first kappa shape index (κ1) is 19.9. The number of allylic oxidation sites excluding steroid dienone is 1. The van der Waals surface area contributed by atoms with Crippen LogP contribution >= 0.6 is 0 Å². The van der Waals surface area contributed by atoms with Crippen molar-refractivity contribution in [3.63, 3.8) is 0 Å². The van der Waals surface area contributed by atoms with E-state index in [0.29, 0.717) is 12.6 Å². The summed E-state index contributed by atoms with van der Waals surface area (Å²) in [6, 6.07) is 0.335. The summed E-state index contributed by atoms with van der Waals surface area (Å²) in [5, 5.41) is 6.69. The molecule has 2 unspecified atom stereocenters. The van der Waals surface area contributed by atoms with Gasteiger partial charge in [-0.3, -0.25) is 0 Å². The van der Waals surface area contributed by atoms with Crippen LogP contribution in [0.3, 0.4) is 0 Å². The first-order chi connectivity index (χ1) is 10.8. The Balaban J connectivity index is 2.84. The Morgan fingerprint density at radius 3 is 2.61 bits per heavy atom. The normalized spacial score (nSPS) is 22.1. The number of nitrogens with one attached hydrogen (secondary N) is 2. The number of alkyl halides is 3. The average Bonchev–Trinajstić information content (AvgIpc) is 2.49. The van der Waals surface area contributed by atoms with Gasteiger partial charge < -0.3 is 15.4 Å². The molecule has 0 spiro atoms. The largest absolute Gasteiger partial charge is 0.418 e. The Morgan fingerprint density at radius 1 is 1.48 bits per heavy atom. The minimum absolute atomic E-state index is 0.0987. The van der Waals surface area contributed by atoms with Gasteiger partial charge in [-0.2, -0.15) is 13.2 Å². The van der Waals surface area contributed by atoms with Crippen LogP contribution in [-0.4, -0.2) is 45.1 Å². The molecule has 132 valence electrons. The number of hydrogen-bond donors (Lipinski definition) is 2. The first-order valence-electron chi connectivity index (χ1n) is 7.85. The molecule has 1 heterocycles. The van der Waals surface area contributed by atoms with E-state index in [2.05, 4.69) is 21.9 Å². The molecule has 1 aliphatic heterocycles. The molecule has 0 radical (unpaired) electrons. The lowest BCUT2D eigenvalue weighted by Crippen LogP contribution is -2.43. The summed E-state index contributed by atoms with van der Waals surface area (Å²) in [6.07, 6.45) is -1.22. The minimum atomic E-state index is -4.44. The topological polar surface area (TPSA) is 33.3 Å². The van der Waals surface area contributed by atoms with Crippen molar-refractivity contribution in [2.75, 3.05) is 26.7 Å². The molecule has 2 N–H and O–H groups in total. The van der Waals surface area contributed by atoms with Crippen LogP contribution in [0.4, 0.5) is 13.2 Å². The third-order valence-corrected chi connectivity index (χ3v) is 3.94. The molecule has 1 saturated heterocycles. The number of piperidine rings is 1. The molecule has 0 amide bonds. The summed E-state index contributed by atoms with van der Waals surface area (Å²) in [5.74, 6) is 0. The molecule has 0 aromatic rings. The molecular weight excluding hydrogens is 305 g/mol. The Bertz CT molecular complexity index is 449. The van der Waals surface area contributed by atoms with Crippen LogP contribution in [0.2, 0.25) is 0 Å². The van der Waals surface area contributed by atoms with Gasteiger partial charge in [-0.1, -0.05) is 24.3 Å². The molecular formula is C17H27F3N2O. The van der Waals surface area contributed by atoms with E-state index in [1.54, 1.807) is 13.8 Å². The van der Waals surface area contributed by atoms with Gasteiger partial charge in [-0.25, -0.2) is 0 Å². The summed E-state index contributed by atoms with van der Waals surface area (Å²) < 4.78 is 43.8. The number of methoxy groups -OCH3 is 1. The lowest BCUT2D eigenvalue weighted by Gasteiger charge is -2.25. The van der Waals surface area contributed by atoms with E-state index in [0.717, 1.165) is 44.2 Å². The van der Waals surface area contributed by atoms with E-state index in [1.807, 2.05) is 0 Å². The van der Waals surface area contributed by atoms with Crippen molar-refractivity contribution >= 4 is 0 Å². The lowest BCUT2D eigenvalue weighted by atomic mass is 10.0. The summed E-state index contributed by atoms with van der Waals surface area (Å²) >= 11 is 0. The van der Waals surface area contributed by atoms with Gasteiger partial charge in [0.25, 0.3) is 0 Å². The summed E-state index contributed by atoms with van der Waals surface area (Å²) in [4.78, 5) is 0. The van der Waals surface area contributed by atoms with E-state index >= 15 is 0 Å². The number of hydrogen-bond acceptors (Lipinski definition) is 3. The zero-order valence-electron chi connectivity index (χ0n) is 14.1. The van der Waals surface area contributed by atoms with Crippen molar-refractivity contribution in [1.29, 1.82) is 0 Å². The number of ether oxygens (including phenoxy) is 1. The molecule has 1 fully saturated rings. The van der Waals surface area contributed by atoms with Gasteiger partial charge in [-0.05, 0) is 44.4 Å². The molecule has 0 saturated carbocycles. The third-order valence-electron chi connectivity index (χ3n) is 3.94. The van der Waals surface area contributed by atoms with Gasteiger partial charge in [0.05, 0.1) is 0 Å². The smallest absolute Gasteiger partial charge is 0.367 e. The Hall–Kier alpha value is -1.11. The average molecular weight is 332 g/mol. The Labute approximate surface area is 136 Å². The van der Waals surface area contributed by atoms with E-state index in [9.17, 15) is 13.2 Å². The molecule has 2 atom stereocenters. The highest BCUT2D eigenvalue weighted by Gasteiger charge is 2.41. The summed E-state index contributed by atoms with van der Waals surface area (Å²) in [7, 11) is 1.07. The Morgan fingerprint density at radius 2 is 2.17 bits per heavy atom. The van der Waals surface area contributed by atoms with Crippen LogP contribution in [0.1, 0.15) is 26.7 Å². The van der Waals surface area contributed by atoms with Gasteiger partial charge >= 0.3 is 6.18 Å². The maximum Gasteiger partial charge on any atom is 0.418 e. The van der Waals surface area contributed by atoms with Crippen LogP contribution in [-0.2, 0) is 4.74 Å². The van der Waals surface area contributed by atoms with Gasteiger partial charge in [0.1, 0.15) is 0 Å². The Kier molecular flexibility index (Phi) is 8.02. The molecule has 1 rings (SSSR count). The zero-order valence-corrected chi connectivity index (χ0v) is 14.1. The van der Waals surface area contributed by atoms with Crippen molar-refractivity contribution < 1.29 is 17.9 Å². The SMILES string of the molecule is C=C(C)/C(=C\C(=C\C)C(OC)C(F)(F)F)CNC1CCCNC1. The highest BCUT2D eigenvalue weighted by Crippen LogP contribution is 2.29. The number of halogens is 3. The fourth-order valence-electron chi connectivity index (χ4n) is 2.58. The predicted molar refractivity (Wildman–Crippen MR) is 87.4 cm³/mol. The van der Waals surface area contributed by atoms with Gasteiger partial charge in [0, 0.05) is 26.2 Å². The van der Waals surface area contributed by atoms with Crippen LogP contribution in [0, 0.1) is 0 Å². The fourth-order valence-corrected chi connectivity index (χ4v) is 2.58. The fraction of sp³-hybridized carbons (Fsp3) is 0.647. The molecule has 6 heteroatoms. The van der Waals surface area contributed by atoms with Crippen molar-refractivity contribution in [2.45, 2.75) is 45.0 Å². The highest BCUT2D eigenvalue weighted by atomic mass is 19.4. The first-order valence-corrected chi connectivity index (χ1v) is 7.85.